The van der Waals surface area contributed by atoms with Crippen LogP contribution >= 0.6 is 0 Å². The van der Waals surface area contributed by atoms with Crippen molar-refractivity contribution >= 4 is 0 Å². The molecule has 0 N–H and O–H groups in total. The zero-order chi connectivity index (χ0) is 16.2. The predicted octanol–water partition coefficient (Wildman–Crippen LogP) is 4.21. The van der Waals surface area contributed by atoms with Crippen LogP contribution in [0, 0.1) is 0 Å². The molecule has 0 heterocycles. The standard InChI is InChI=1S/C19H28O3/c1-6-10-21-14-15-8-7-9-16(11-15)19(20-5)12-17(13-19)22-18(2,3)4/h6-9,11,17H,1,10,12-14H2,2-5H3. The summed E-state index contributed by atoms with van der Waals surface area (Å²) in [6.45, 7) is 11.1. The minimum absolute atomic E-state index is 0.106. The molecule has 2 rings (SSSR count). The number of rotatable bonds is 7. The summed E-state index contributed by atoms with van der Waals surface area (Å²) in [5.74, 6) is 0. The molecule has 1 aromatic carbocycles. The Kier molecular flexibility index (Phi) is 5.43. The van der Waals surface area contributed by atoms with Crippen LogP contribution in [0.2, 0.25) is 0 Å². The van der Waals surface area contributed by atoms with E-state index in [9.17, 15) is 0 Å². The van der Waals surface area contributed by atoms with Gasteiger partial charge in [0.2, 0.25) is 0 Å². The van der Waals surface area contributed by atoms with Gasteiger partial charge in [-0.15, -0.1) is 6.58 Å². The lowest BCUT2D eigenvalue weighted by Gasteiger charge is -2.48. The van der Waals surface area contributed by atoms with Gasteiger partial charge in [0.05, 0.1) is 30.5 Å². The molecule has 0 radical (unpaired) electrons. The molecule has 0 bridgehead atoms. The van der Waals surface area contributed by atoms with E-state index in [1.807, 2.05) is 0 Å². The van der Waals surface area contributed by atoms with Crippen LogP contribution in [0.4, 0.5) is 0 Å². The maximum Gasteiger partial charge on any atom is 0.0977 e. The van der Waals surface area contributed by atoms with E-state index < -0.39 is 0 Å². The average molecular weight is 304 g/mol. The summed E-state index contributed by atoms with van der Waals surface area (Å²) in [6, 6.07) is 8.46. The van der Waals surface area contributed by atoms with Crippen molar-refractivity contribution in [1.82, 2.24) is 0 Å². The molecule has 0 atom stereocenters. The van der Waals surface area contributed by atoms with Gasteiger partial charge in [0.25, 0.3) is 0 Å². The van der Waals surface area contributed by atoms with Crippen LogP contribution in [0.15, 0.2) is 36.9 Å². The first kappa shape index (κ1) is 17.2. The minimum atomic E-state index is -0.218. The zero-order valence-corrected chi connectivity index (χ0v) is 14.2. The molecule has 1 fully saturated rings. The van der Waals surface area contributed by atoms with Crippen LogP contribution in [0.5, 0.6) is 0 Å². The first-order valence-electron chi connectivity index (χ1n) is 7.89. The lowest BCUT2D eigenvalue weighted by molar-refractivity contribution is -0.195. The van der Waals surface area contributed by atoms with Gasteiger partial charge < -0.3 is 14.2 Å². The number of methoxy groups -OCH3 is 1. The van der Waals surface area contributed by atoms with Crippen LogP contribution < -0.4 is 0 Å². The lowest BCUT2D eigenvalue weighted by atomic mass is 9.72. The molecule has 22 heavy (non-hydrogen) atoms. The van der Waals surface area contributed by atoms with E-state index in [0.717, 1.165) is 18.4 Å². The molecule has 3 heteroatoms. The molecule has 0 saturated heterocycles. The van der Waals surface area contributed by atoms with Crippen molar-refractivity contribution in [2.45, 2.75) is 57.5 Å². The summed E-state index contributed by atoms with van der Waals surface area (Å²) in [7, 11) is 1.79. The summed E-state index contributed by atoms with van der Waals surface area (Å²) in [5.41, 5.74) is 2.05. The quantitative estimate of drug-likeness (QED) is 0.558. The molecule has 1 aromatic rings. The van der Waals surface area contributed by atoms with Gasteiger partial charge in [-0.1, -0.05) is 30.3 Å². The maximum atomic E-state index is 6.05. The van der Waals surface area contributed by atoms with Crippen LogP contribution in [0.1, 0.15) is 44.7 Å². The number of hydrogen-bond acceptors (Lipinski definition) is 3. The van der Waals surface area contributed by atoms with Gasteiger partial charge >= 0.3 is 0 Å². The monoisotopic (exact) mass is 304 g/mol. The van der Waals surface area contributed by atoms with Crippen molar-refractivity contribution in [3.05, 3.63) is 48.0 Å². The Morgan fingerprint density at radius 3 is 2.64 bits per heavy atom. The molecule has 0 amide bonds. The second kappa shape index (κ2) is 6.95. The highest BCUT2D eigenvalue weighted by atomic mass is 16.5. The third-order valence-corrected chi connectivity index (χ3v) is 3.98. The van der Waals surface area contributed by atoms with E-state index in [-0.39, 0.29) is 17.3 Å². The van der Waals surface area contributed by atoms with Gasteiger partial charge in [-0.3, -0.25) is 0 Å². The highest BCUT2D eigenvalue weighted by molar-refractivity contribution is 5.31. The molecule has 0 aromatic heterocycles. The summed E-state index contributed by atoms with van der Waals surface area (Å²) < 4.78 is 17.4. The lowest BCUT2D eigenvalue weighted by Crippen LogP contribution is -2.49. The molecule has 1 aliphatic carbocycles. The Labute approximate surface area is 134 Å². The van der Waals surface area contributed by atoms with Crippen molar-refractivity contribution in [1.29, 1.82) is 0 Å². The fourth-order valence-corrected chi connectivity index (χ4v) is 2.98. The van der Waals surface area contributed by atoms with E-state index in [4.69, 9.17) is 14.2 Å². The van der Waals surface area contributed by atoms with Gasteiger partial charge in [0.15, 0.2) is 0 Å². The van der Waals surface area contributed by atoms with Crippen LogP contribution in [0.25, 0.3) is 0 Å². The van der Waals surface area contributed by atoms with E-state index in [0.29, 0.717) is 13.2 Å². The second-order valence-electron chi connectivity index (χ2n) is 6.96. The number of hydrogen-bond donors (Lipinski definition) is 0. The smallest absolute Gasteiger partial charge is 0.0977 e. The van der Waals surface area contributed by atoms with Crippen molar-refractivity contribution in [3.8, 4) is 0 Å². The van der Waals surface area contributed by atoms with Gasteiger partial charge in [-0.25, -0.2) is 0 Å². The van der Waals surface area contributed by atoms with E-state index in [2.05, 4.69) is 51.6 Å². The maximum absolute atomic E-state index is 6.05. The van der Waals surface area contributed by atoms with E-state index >= 15 is 0 Å². The fraction of sp³-hybridized carbons (Fsp3) is 0.579. The molecule has 0 unspecified atom stereocenters. The summed E-state index contributed by atoms with van der Waals surface area (Å²) in [6.07, 6.45) is 3.83. The third kappa shape index (κ3) is 4.19. The van der Waals surface area contributed by atoms with E-state index in [1.54, 1.807) is 13.2 Å². The Morgan fingerprint density at radius 1 is 1.32 bits per heavy atom. The van der Waals surface area contributed by atoms with Gasteiger partial charge in [0, 0.05) is 20.0 Å². The molecule has 3 nitrogen and oxygen atoms in total. The molecule has 1 saturated carbocycles. The molecule has 0 spiro atoms. The van der Waals surface area contributed by atoms with Crippen molar-refractivity contribution in [3.63, 3.8) is 0 Å². The third-order valence-electron chi connectivity index (χ3n) is 3.98. The topological polar surface area (TPSA) is 27.7 Å². The first-order chi connectivity index (χ1) is 10.4. The summed E-state index contributed by atoms with van der Waals surface area (Å²) >= 11 is 0. The summed E-state index contributed by atoms with van der Waals surface area (Å²) in [5, 5.41) is 0. The minimum Gasteiger partial charge on any atom is -0.373 e. The first-order valence-corrected chi connectivity index (χ1v) is 7.89. The number of benzene rings is 1. The van der Waals surface area contributed by atoms with Crippen molar-refractivity contribution in [2.24, 2.45) is 0 Å². The fourth-order valence-electron chi connectivity index (χ4n) is 2.98. The van der Waals surface area contributed by atoms with Crippen LogP contribution in [-0.4, -0.2) is 25.4 Å². The van der Waals surface area contributed by atoms with Crippen molar-refractivity contribution in [2.75, 3.05) is 13.7 Å². The average Bonchev–Trinajstić information content (AvgIpc) is 2.42. The Balaban J connectivity index is 2.03. The Hall–Kier alpha value is -1.16. The second-order valence-corrected chi connectivity index (χ2v) is 6.96. The highest BCUT2D eigenvalue weighted by Gasteiger charge is 2.47. The van der Waals surface area contributed by atoms with Gasteiger partial charge in [-0.05, 0) is 31.9 Å². The molecular formula is C19H28O3. The molecule has 1 aliphatic rings. The molecule has 0 aliphatic heterocycles. The zero-order valence-electron chi connectivity index (χ0n) is 14.2. The SMILES string of the molecule is C=CCOCc1cccc(C2(OC)CC(OC(C)(C)C)C2)c1. The Morgan fingerprint density at radius 2 is 2.05 bits per heavy atom. The van der Waals surface area contributed by atoms with Crippen LogP contribution in [-0.2, 0) is 26.4 Å². The predicted molar refractivity (Wildman–Crippen MR) is 88.8 cm³/mol. The molecular weight excluding hydrogens is 276 g/mol. The van der Waals surface area contributed by atoms with Gasteiger partial charge in [0.1, 0.15) is 0 Å². The van der Waals surface area contributed by atoms with E-state index in [1.165, 1.54) is 5.56 Å². The van der Waals surface area contributed by atoms with Gasteiger partial charge in [-0.2, -0.15) is 0 Å². The number of ether oxygens (including phenoxy) is 3. The Bertz CT molecular complexity index is 496. The summed E-state index contributed by atoms with van der Waals surface area (Å²) in [4.78, 5) is 0. The molecule has 122 valence electrons. The largest absolute Gasteiger partial charge is 0.373 e. The van der Waals surface area contributed by atoms with Crippen LogP contribution in [0.3, 0.4) is 0 Å². The van der Waals surface area contributed by atoms with Crippen molar-refractivity contribution < 1.29 is 14.2 Å². The highest BCUT2D eigenvalue weighted by Crippen LogP contribution is 2.47. The normalized spacial score (nSPS) is 24.8.